The topological polar surface area (TPSA) is 68.1 Å². The van der Waals surface area contributed by atoms with E-state index in [0.717, 1.165) is 27.4 Å². The average molecular weight is 433 g/mol. The lowest BCUT2D eigenvalue weighted by Gasteiger charge is -2.26. The molecule has 4 rings (SSSR count). The molecule has 134 valence electrons. The van der Waals surface area contributed by atoms with Gasteiger partial charge in [-0.3, -0.25) is 4.57 Å². The summed E-state index contributed by atoms with van der Waals surface area (Å²) in [6.07, 6.45) is 2.95. The molecule has 0 radical (unpaired) electrons. The number of rotatable bonds is 2. The van der Waals surface area contributed by atoms with Crippen LogP contribution in [0.3, 0.4) is 0 Å². The molecule has 0 spiro atoms. The van der Waals surface area contributed by atoms with Gasteiger partial charge in [0.1, 0.15) is 12.2 Å². The molecule has 1 aliphatic rings. The molecule has 1 unspecified atom stereocenters. The average Bonchev–Trinajstić information content (AvgIpc) is 3.04. The van der Waals surface area contributed by atoms with Crippen molar-refractivity contribution in [1.82, 2.24) is 14.8 Å². The summed E-state index contributed by atoms with van der Waals surface area (Å²) in [5, 5.41) is 8.36. The molecule has 0 N–H and O–H groups in total. The van der Waals surface area contributed by atoms with Gasteiger partial charge in [-0.05, 0) is 42.5 Å². The Morgan fingerprint density at radius 3 is 2.54 bits per heavy atom. The highest BCUT2D eigenvalue weighted by Crippen LogP contribution is 2.38. The van der Waals surface area contributed by atoms with Gasteiger partial charge in [0.25, 0.3) is 0 Å². The van der Waals surface area contributed by atoms with Crippen LogP contribution in [0, 0.1) is 0 Å². The highest BCUT2D eigenvalue weighted by Gasteiger charge is 2.27. The molecule has 1 atom stereocenters. The van der Waals surface area contributed by atoms with Crippen molar-refractivity contribution < 1.29 is 8.42 Å². The number of halogens is 1. The van der Waals surface area contributed by atoms with Crippen molar-refractivity contribution in [2.24, 2.45) is 0 Å². The maximum atomic E-state index is 11.7. The van der Waals surface area contributed by atoms with Crippen LogP contribution in [0.2, 0.25) is 0 Å². The van der Waals surface area contributed by atoms with Crippen LogP contribution in [-0.2, 0) is 9.84 Å². The summed E-state index contributed by atoms with van der Waals surface area (Å²) < 4.78 is 26.5. The van der Waals surface area contributed by atoms with E-state index in [9.17, 15) is 8.42 Å². The first kappa shape index (κ1) is 17.2. The SMILES string of the molecule is CC1CN(c2ccc(S(C)(=O)=O)cc2)c2cc(Br)ccc2-n2cnnc21. The summed E-state index contributed by atoms with van der Waals surface area (Å²) in [6.45, 7) is 2.82. The quantitative estimate of drug-likeness (QED) is 0.617. The lowest BCUT2D eigenvalue weighted by Crippen LogP contribution is -2.22. The molecule has 0 amide bonds. The fourth-order valence-corrected chi connectivity index (χ4v) is 4.23. The normalized spacial score (nSPS) is 16.7. The van der Waals surface area contributed by atoms with E-state index < -0.39 is 9.84 Å². The van der Waals surface area contributed by atoms with E-state index >= 15 is 0 Å². The van der Waals surface area contributed by atoms with Crippen LogP contribution in [0.4, 0.5) is 11.4 Å². The first-order valence-corrected chi connectivity index (χ1v) is 10.8. The summed E-state index contributed by atoms with van der Waals surface area (Å²) in [7, 11) is -3.22. The maximum absolute atomic E-state index is 11.7. The molecule has 3 aromatic rings. The molecule has 6 nitrogen and oxygen atoms in total. The standard InChI is InChI=1S/C18H17BrN4O2S/c1-12-10-22(14-4-6-15(7-5-14)26(2,24)25)17-9-13(19)3-8-16(17)23-11-20-21-18(12)23/h3-9,11-12H,10H2,1-2H3. The van der Waals surface area contributed by atoms with Crippen LogP contribution >= 0.6 is 15.9 Å². The van der Waals surface area contributed by atoms with Gasteiger partial charge < -0.3 is 4.90 Å². The molecule has 2 aromatic carbocycles. The molecular weight excluding hydrogens is 416 g/mol. The number of sulfone groups is 1. The van der Waals surface area contributed by atoms with E-state index in [-0.39, 0.29) is 5.92 Å². The lowest BCUT2D eigenvalue weighted by molar-refractivity contribution is 0.602. The molecular formula is C18H17BrN4O2S. The van der Waals surface area contributed by atoms with Gasteiger partial charge in [0.15, 0.2) is 9.84 Å². The summed E-state index contributed by atoms with van der Waals surface area (Å²) in [5.74, 6) is 1.06. The lowest BCUT2D eigenvalue weighted by atomic mass is 10.1. The van der Waals surface area contributed by atoms with Crippen LogP contribution < -0.4 is 4.90 Å². The number of benzene rings is 2. The predicted octanol–water partition coefficient (Wildman–Crippen LogP) is 3.69. The largest absolute Gasteiger partial charge is 0.339 e. The van der Waals surface area contributed by atoms with Crippen LogP contribution in [0.1, 0.15) is 18.7 Å². The van der Waals surface area contributed by atoms with Crippen molar-refractivity contribution in [2.45, 2.75) is 17.7 Å². The fourth-order valence-electron chi connectivity index (χ4n) is 3.25. The van der Waals surface area contributed by atoms with Gasteiger partial charge in [0, 0.05) is 28.9 Å². The molecule has 1 aromatic heterocycles. The molecule has 0 saturated heterocycles. The highest BCUT2D eigenvalue weighted by atomic mass is 79.9. The van der Waals surface area contributed by atoms with Gasteiger partial charge in [-0.25, -0.2) is 8.42 Å². The highest BCUT2D eigenvalue weighted by molar-refractivity contribution is 9.10. The molecule has 26 heavy (non-hydrogen) atoms. The zero-order valence-corrected chi connectivity index (χ0v) is 16.7. The Balaban J connectivity index is 1.87. The van der Waals surface area contributed by atoms with E-state index in [1.807, 2.05) is 28.8 Å². The van der Waals surface area contributed by atoms with E-state index in [0.29, 0.717) is 11.4 Å². The minimum Gasteiger partial charge on any atom is -0.339 e. The number of aromatic nitrogens is 3. The first-order chi connectivity index (χ1) is 12.3. The Bertz CT molecular complexity index is 1080. The van der Waals surface area contributed by atoms with E-state index in [2.05, 4.69) is 44.0 Å². The predicted molar refractivity (Wildman–Crippen MR) is 104 cm³/mol. The Hall–Kier alpha value is -2.19. The molecule has 0 bridgehead atoms. The van der Waals surface area contributed by atoms with Crippen LogP contribution in [0.25, 0.3) is 5.69 Å². The van der Waals surface area contributed by atoms with Gasteiger partial charge in [0.05, 0.1) is 16.3 Å². The minimum atomic E-state index is -3.22. The third kappa shape index (κ3) is 2.93. The third-order valence-corrected chi connectivity index (χ3v) is 6.16. The van der Waals surface area contributed by atoms with E-state index in [4.69, 9.17) is 0 Å². The van der Waals surface area contributed by atoms with Crippen molar-refractivity contribution in [3.63, 3.8) is 0 Å². The number of hydrogen-bond acceptors (Lipinski definition) is 5. The van der Waals surface area contributed by atoms with Gasteiger partial charge in [-0.1, -0.05) is 22.9 Å². The Kier molecular flexibility index (Phi) is 4.11. The smallest absolute Gasteiger partial charge is 0.175 e. The number of anilines is 2. The molecule has 0 saturated carbocycles. The summed E-state index contributed by atoms with van der Waals surface area (Å²) in [5.41, 5.74) is 2.93. The molecule has 8 heteroatoms. The maximum Gasteiger partial charge on any atom is 0.175 e. The van der Waals surface area contributed by atoms with Gasteiger partial charge in [-0.2, -0.15) is 0 Å². The third-order valence-electron chi connectivity index (χ3n) is 4.54. The van der Waals surface area contributed by atoms with Crippen LogP contribution in [-0.4, -0.2) is 36.0 Å². The zero-order chi connectivity index (χ0) is 18.5. The van der Waals surface area contributed by atoms with Crippen LogP contribution in [0.5, 0.6) is 0 Å². The number of nitrogens with zero attached hydrogens (tertiary/aromatic N) is 4. The number of hydrogen-bond donors (Lipinski definition) is 0. The Labute approximate surface area is 160 Å². The Morgan fingerprint density at radius 1 is 1.12 bits per heavy atom. The van der Waals surface area contributed by atoms with Gasteiger partial charge >= 0.3 is 0 Å². The van der Waals surface area contributed by atoms with Crippen molar-refractivity contribution >= 4 is 37.1 Å². The van der Waals surface area contributed by atoms with E-state index in [1.165, 1.54) is 6.26 Å². The van der Waals surface area contributed by atoms with Gasteiger partial charge in [0.2, 0.25) is 0 Å². The minimum absolute atomic E-state index is 0.151. The van der Waals surface area contributed by atoms with Crippen molar-refractivity contribution in [2.75, 3.05) is 17.7 Å². The number of fused-ring (bicyclic) bond motifs is 3. The second-order valence-electron chi connectivity index (χ2n) is 6.47. The second-order valence-corrected chi connectivity index (χ2v) is 9.40. The molecule has 1 aliphatic heterocycles. The van der Waals surface area contributed by atoms with Crippen molar-refractivity contribution in [1.29, 1.82) is 0 Å². The fraction of sp³-hybridized carbons (Fsp3) is 0.222. The van der Waals surface area contributed by atoms with E-state index in [1.54, 1.807) is 18.5 Å². The summed E-state index contributed by atoms with van der Waals surface area (Å²) >= 11 is 3.55. The molecule has 2 heterocycles. The van der Waals surface area contributed by atoms with Crippen LogP contribution in [0.15, 0.2) is 58.2 Å². The molecule has 0 aliphatic carbocycles. The monoisotopic (exact) mass is 432 g/mol. The van der Waals surface area contributed by atoms with Gasteiger partial charge in [-0.15, -0.1) is 10.2 Å². The second kappa shape index (κ2) is 6.21. The Morgan fingerprint density at radius 2 is 1.85 bits per heavy atom. The summed E-state index contributed by atoms with van der Waals surface area (Å²) in [4.78, 5) is 2.50. The molecule has 0 fully saturated rings. The van der Waals surface area contributed by atoms with Crippen molar-refractivity contribution in [3.05, 3.63) is 59.1 Å². The zero-order valence-electron chi connectivity index (χ0n) is 14.3. The first-order valence-electron chi connectivity index (χ1n) is 8.12. The van der Waals surface area contributed by atoms with Crippen molar-refractivity contribution in [3.8, 4) is 5.69 Å². The summed E-state index contributed by atoms with van der Waals surface area (Å²) in [6, 6.07) is 13.1.